The molecular formula is C16H23NS. The topological polar surface area (TPSA) is 12.0 Å². The maximum Gasteiger partial charge on any atom is 0.0341 e. The second-order valence-corrected chi connectivity index (χ2v) is 5.83. The van der Waals surface area contributed by atoms with Crippen molar-refractivity contribution in [1.29, 1.82) is 0 Å². The Morgan fingerprint density at radius 3 is 2.67 bits per heavy atom. The lowest BCUT2D eigenvalue weighted by atomic mass is 9.94. The number of anilines is 1. The summed E-state index contributed by atoms with van der Waals surface area (Å²) in [5.41, 5.74) is 1.26. The molecule has 0 saturated carbocycles. The molecule has 18 heavy (non-hydrogen) atoms. The van der Waals surface area contributed by atoms with Crippen molar-refractivity contribution in [1.82, 2.24) is 0 Å². The second kappa shape index (κ2) is 7.52. The van der Waals surface area contributed by atoms with E-state index in [0.717, 1.165) is 12.5 Å². The van der Waals surface area contributed by atoms with E-state index < -0.39 is 0 Å². The Balaban J connectivity index is 1.80. The zero-order chi connectivity index (χ0) is 12.6. The fourth-order valence-corrected chi connectivity index (χ4v) is 2.82. The molecule has 1 aliphatic rings. The predicted molar refractivity (Wildman–Crippen MR) is 82.4 cm³/mol. The van der Waals surface area contributed by atoms with Gasteiger partial charge in [0.05, 0.1) is 0 Å². The van der Waals surface area contributed by atoms with Gasteiger partial charge in [0.2, 0.25) is 0 Å². The maximum atomic E-state index is 3.58. The fraction of sp³-hybridized carbons (Fsp3) is 0.500. The smallest absolute Gasteiger partial charge is 0.0341 e. The zero-order valence-corrected chi connectivity index (χ0v) is 12.0. The van der Waals surface area contributed by atoms with Gasteiger partial charge in [0.1, 0.15) is 0 Å². The third kappa shape index (κ3) is 4.41. The molecule has 0 saturated heterocycles. The first-order valence-corrected chi connectivity index (χ1v) is 8.14. The lowest BCUT2D eigenvalue weighted by molar-refractivity contribution is 0.456. The van der Waals surface area contributed by atoms with Crippen molar-refractivity contribution in [3.8, 4) is 0 Å². The Bertz CT molecular complexity index is 369. The van der Waals surface area contributed by atoms with Crippen LogP contribution in [0.5, 0.6) is 0 Å². The molecule has 0 aliphatic heterocycles. The van der Waals surface area contributed by atoms with E-state index in [1.807, 2.05) is 0 Å². The zero-order valence-electron chi connectivity index (χ0n) is 11.2. The van der Waals surface area contributed by atoms with Crippen LogP contribution in [0.15, 0.2) is 41.3 Å². The minimum atomic E-state index is 0.829. The van der Waals surface area contributed by atoms with Gasteiger partial charge >= 0.3 is 0 Å². The van der Waals surface area contributed by atoms with Crippen molar-refractivity contribution in [3.05, 3.63) is 36.4 Å². The summed E-state index contributed by atoms with van der Waals surface area (Å²) in [6, 6.07) is 8.76. The van der Waals surface area contributed by atoms with Gasteiger partial charge in [0.15, 0.2) is 0 Å². The molecule has 1 aromatic rings. The average Bonchev–Trinajstić information content (AvgIpc) is 2.38. The van der Waals surface area contributed by atoms with Crippen molar-refractivity contribution in [2.75, 3.05) is 18.1 Å². The number of rotatable bonds is 4. The van der Waals surface area contributed by atoms with Crippen LogP contribution in [-0.4, -0.2) is 12.8 Å². The van der Waals surface area contributed by atoms with E-state index >= 15 is 0 Å². The van der Waals surface area contributed by atoms with E-state index in [-0.39, 0.29) is 0 Å². The van der Waals surface area contributed by atoms with Gasteiger partial charge in [-0.05, 0) is 68.5 Å². The van der Waals surface area contributed by atoms with E-state index in [1.165, 1.54) is 42.7 Å². The van der Waals surface area contributed by atoms with Gasteiger partial charge in [-0.15, -0.1) is 11.8 Å². The third-order valence-corrected chi connectivity index (χ3v) is 4.32. The standard InChI is InChI=1S/C16H23NS/c1-18-16-11-9-15(10-12-16)17-13-14-7-5-3-2-4-6-8-14/h2-3,9-12,14,17H,4-8,13H2,1H3/b3-2-. The van der Waals surface area contributed by atoms with Crippen LogP contribution in [0.1, 0.15) is 32.1 Å². The van der Waals surface area contributed by atoms with Crippen LogP contribution in [0, 0.1) is 5.92 Å². The van der Waals surface area contributed by atoms with Crippen LogP contribution in [0.3, 0.4) is 0 Å². The summed E-state index contributed by atoms with van der Waals surface area (Å²) in [4.78, 5) is 1.33. The Hall–Kier alpha value is -0.890. The summed E-state index contributed by atoms with van der Waals surface area (Å²) in [6.07, 6.45) is 13.3. The highest BCUT2D eigenvalue weighted by molar-refractivity contribution is 7.98. The molecule has 1 aromatic carbocycles. The molecule has 0 bridgehead atoms. The first kappa shape index (κ1) is 13.5. The van der Waals surface area contributed by atoms with Gasteiger partial charge in [0, 0.05) is 17.1 Å². The lowest BCUT2D eigenvalue weighted by Crippen LogP contribution is -2.14. The number of benzene rings is 1. The minimum Gasteiger partial charge on any atom is -0.385 e. The van der Waals surface area contributed by atoms with Crippen molar-refractivity contribution in [2.24, 2.45) is 5.92 Å². The van der Waals surface area contributed by atoms with E-state index in [4.69, 9.17) is 0 Å². The molecule has 2 heteroatoms. The monoisotopic (exact) mass is 261 g/mol. The summed E-state index contributed by atoms with van der Waals surface area (Å²) >= 11 is 1.79. The van der Waals surface area contributed by atoms with Gasteiger partial charge in [-0.3, -0.25) is 0 Å². The number of allylic oxidation sites excluding steroid dienone is 2. The molecule has 1 N–H and O–H groups in total. The minimum absolute atomic E-state index is 0.829. The lowest BCUT2D eigenvalue weighted by Gasteiger charge is -2.18. The molecule has 0 amide bonds. The van der Waals surface area contributed by atoms with Crippen molar-refractivity contribution >= 4 is 17.4 Å². The quantitative estimate of drug-likeness (QED) is 0.607. The highest BCUT2D eigenvalue weighted by Crippen LogP contribution is 2.21. The molecule has 0 fully saturated rings. The first-order valence-electron chi connectivity index (χ1n) is 6.91. The van der Waals surface area contributed by atoms with Gasteiger partial charge < -0.3 is 5.32 Å². The Kier molecular flexibility index (Phi) is 5.66. The summed E-state index contributed by atoms with van der Waals surface area (Å²) in [7, 11) is 0. The molecule has 1 unspecified atom stereocenters. The van der Waals surface area contributed by atoms with Crippen LogP contribution in [-0.2, 0) is 0 Å². The normalized spacial score (nSPS) is 21.9. The number of hydrogen-bond donors (Lipinski definition) is 1. The van der Waals surface area contributed by atoms with E-state index in [1.54, 1.807) is 11.8 Å². The molecule has 98 valence electrons. The summed E-state index contributed by atoms with van der Waals surface area (Å²) in [5, 5.41) is 3.58. The summed E-state index contributed by atoms with van der Waals surface area (Å²) in [5.74, 6) is 0.829. The fourth-order valence-electron chi connectivity index (χ4n) is 2.41. The molecule has 0 aromatic heterocycles. The van der Waals surface area contributed by atoms with Gasteiger partial charge in [-0.25, -0.2) is 0 Å². The molecule has 0 spiro atoms. The SMILES string of the molecule is CSc1ccc(NCC2CC/C=C\CCC2)cc1. The summed E-state index contributed by atoms with van der Waals surface area (Å²) in [6.45, 7) is 1.12. The van der Waals surface area contributed by atoms with E-state index in [2.05, 4.69) is 48.0 Å². The number of hydrogen-bond acceptors (Lipinski definition) is 2. The van der Waals surface area contributed by atoms with Gasteiger partial charge in [-0.1, -0.05) is 12.2 Å². The third-order valence-electron chi connectivity index (χ3n) is 3.58. The molecule has 0 heterocycles. The van der Waals surface area contributed by atoms with Crippen molar-refractivity contribution in [3.63, 3.8) is 0 Å². The molecule has 1 nitrogen and oxygen atoms in total. The number of thioether (sulfide) groups is 1. The van der Waals surface area contributed by atoms with Crippen LogP contribution in [0.25, 0.3) is 0 Å². The molecule has 0 radical (unpaired) electrons. The maximum absolute atomic E-state index is 3.58. The molecular weight excluding hydrogens is 238 g/mol. The largest absolute Gasteiger partial charge is 0.385 e. The second-order valence-electron chi connectivity index (χ2n) is 4.96. The molecule has 1 atom stereocenters. The highest BCUT2D eigenvalue weighted by atomic mass is 32.2. The molecule has 1 aliphatic carbocycles. The van der Waals surface area contributed by atoms with Gasteiger partial charge in [0.25, 0.3) is 0 Å². The van der Waals surface area contributed by atoms with E-state index in [9.17, 15) is 0 Å². The Morgan fingerprint density at radius 1 is 1.11 bits per heavy atom. The van der Waals surface area contributed by atoms with Crippen LogP contribution in [0.4, 0.5) is 5.69 Å². The highest BCUT2D eigenvalue weighted by Gasteiger charge is 2.08. The van der Waals surface area contributed by atoms with Gasteiger partial charge in [-0.2, -0.15) is 0 Å². The predicted octanol–water partition coefficient (Wildman–Crippen LogP) is 4.96. The average molecular weight is 261 g/mol. The van der Waals surface area contributed by atoms with Crippen molar-refractivity contribution in [2.45, 2.75) is 37.0 Å². The van der Waals surface area contributed by atoms with Crippen LogP contribution < -0.4 is 5.32 Å². The number of nitrogens with one attached hydrogen (secondary N) is 1. The molecule has 2 rings (SSSR count). The first-order chi connectivity index (χ1) is 8.88. The Labute approximate surface area is 115 Å². The summed E-state index contributed by atoms with van der Waals surface area (Å²) < 4.78 is 0. The Morgan fingerprint density at radius 2 is 1.89 bits per heavy atom. The van der Waals surface area contributed by atoms with Crippen molar-refractivity contribution < 1.29 is 0 Å². The van der Waals surface area contributed by atoms with Crippen LogP contribution >= 0.6 is 11.8 Å². The van der Waals surface area contributed by atoms with Crippen LogP contribution in [0.2, 0.25) is 0 Å². The van der Waals surface area contributed by atoms with E-state index in [0.29, 0.717) is 0 Å².